The minimum Gasteiger partial charge on any atom is -0.504 e. The van der Waals surface area contributed by atoms with Crippen LogP contribution in [0, 0.1) is 11.3 Å². The van der Waals surface area contributed by atoms with E-state index in [9.17, 15) is 38.7 Å². The minimum atomic E-state index is -1.25. The lowest BCUT2D eigenvalue weighted by Crippen LogP contribution is -2.44. The van der Waals surface area contributed by atoms with Crippen LogP contribution in [0.2, 0.25) is 0 Å². The molecule has 0 unspecified atom stereocenters. The van der Waals surface area contributed by atoms with Gasteiger partial charge in [0.05, 0.1) is 41.3 Å². The average Bonchev–Trinajstić information content (AvgIpc) is 3.24. The third-order valence-corrected chi connectivity index (χ3v) is 9.69. The van der Waals surface area contributed by atoms with Gasteiger partial charge in [0, 0.05) is 48.1 Å². The number of anilines is 1. The number of hydrogen-bond donors (Lipinski definition) is 5. The number of phenols is 1. The van der Waals surface area contributed by atoms with E-state index >= 15 is 0 Å². The Kier molecular flexibility index (Phi) is 15.2. The van der Waals surface area contributed by atoms with Gasteiger partial charge in [-0.25, -0.2) is 4.79 Å². The van der Waals surface area contributed by atoms with Crippen molar-refractivity contribution < 1.29 is 48.5 Å². The second-order valence-electron chi connectivity index (χ2n) is 14.8. The number of aryl methyl sites for hydroxylation is 1. The summed E-state index contributed by atoms with van der Waals surface area (Å²) in [5.74, 6) is -4.51. The second kappa shape index (κ2) is 20.9. The smallest absolute Gasteiger partial charge is 0.335 e. The zero-order valence-corrected chi connectivity index (χ0v) is 34.0. The highest BCUT2D eigenvalue weighted by Crippen LogP contribution is 2.36. The fraction of sp³-hybridized carbons (Fsp3) is 0.208. The van der Waals surface area contributed by atoms with Gasteiger partial charge in [-0.05, 0) is 91.6 Å². The van der Waals surface area contributed by atoms with Crippen molar-refractivity contribution >= 4 is 46.7 Å². The molecule has 14 heteroatoms. The van der Waals surface area contributed by atoms with Gasteiger partial charge in [0.2, 0.25) is 11.8 Å². The normalized spacial score (nSPS) is 11.2. The SMILES string of the molecule is CC(C)Oc1c(CC(=O)c2ccc(CC(=O)[C@H](CC(N)=O)NC(=O)c3ccc(NC(=O)CCc4ccc(C#N)cc4)cc3)cc2)ccc(C(=O)Cc2ccc(C(=O)O)cc2)c1O. The van der Waals surface area contributed by atoms with Crippen molar-refractivity contribution in [2.24, 2.45) is 5.73 Å². The van der Waals surface area contributed by atoms with Gasteiger partial charge in [-0.15, -0.1) is 0 Å². The highest BCUT2D eigenvalue weighted by molar-refractivity contribution is 6.03. The number of rotatable bonds is 20. The summed E-state index contributed by atoms with van der Waals surface area (Å²) < 4.78 is 5.87. The number of carboxylic acid groups (broad SMARTS) is 1. The number of phenolic OH excluding ortho intramolecular Hbond substituents is 1. The van der Waals surface area contributed by atoms with Crippen molar-refractivity contribution in [1.29, 1.82) is 5.26 Å². The summed E-state index contributed by atoms with van der Waals surface area (Å²) in [4.78, 5) is 88.7. The van der Waals surface area contributed by atoms with Crippen molar-refractivity contribution in [3.05, 3.63) is 159 Å². The molecule has 62 heavy (non-hydrogen) atoms. The maximum atomic E-state index is 13.5. The number of ether oxygens (including phenoxy) is 1. The Morgan fingerprint density at radius 2 is 1.29 bits per heavy atom. The lowest BCUT2D eigenvalue weighted by atomic mass is 9.95. The summed E-state index contributed by atoms with van der Waals surface area (Å²) in [5.41, 5.74) is 9.19. The van der Waals surface area contributed by atoms with E-state index in [1.54, 1.807) is 50.2 Å². The van der Waals surface area contributed by atoms with Crippen LogP contribution >= 0.6 is 0 Å². The van der Waals surface area contributed by atoms with Crippen LogP contribution in [0.1, 0.15) is 95.9 Å². The van der Waals surface area contributed by atoms with E-state index in [0.29, 0.717) is 34.4 Å². The number of carbonyl (C=O) groups excluding carboxylic acids is 6. The molecule has 0 radical (unpaired) electrons. The van der Waals surface area contributed by atoms with Gasteiger partial charge in [0.15, 0.2) is 28.8 Å². The van der Waals surface area contributed by atoms with Crippen LogP contribution in [0.4, 0.5) is 5.69 Å². The fourth-order valence-corrected chi connectivity index (χ4v) is 6.42. The van der Waals surface area contributed by atoms with E-state index < -0.39 is 53.7 Å². The molecule has 0 saturated carbocycles. The van der Waals surface area contributed by atoms with E-state index in [1.807, 2.05) is 6.07 Å². The zero-order valence-electron chi connectivity index (χ0n) is 34.0. The number of carboxylic acids is 1. The molecular weight excluding hydrogens is 793 g/mol. The molecule has 0 aliphatic carbocycles. The number of Topliss-reactive ketones (excluding diaryl/α,β-unsaturated/α-hetero) is 3. The number of aromatic carboxylic acids is 1. The number of carbonyl (C=O) groups is 7. The largest absolute Gasteiger partial charge is 0.504 e. The van der Waals surface area contributed by atoms with Crippen LogP contribution in [-0.4, -0.2) is 63.4 Å². The molecule has 0 fully saturated rings. The zero-order chi connectivity index (χ0) is 44.9. The highest BCUT2D eigenvalue weighted by atomic mass is 16.5. The quantitative estimate of drug-likeness (QED) is 0.0573. The van der Waals surface area contributed by atoms with Gasteiger partial charge < -0.3 is 31.3 Å². The maximum absolute atomic E-state index is 13.5. The summed E-state index contributed by atoms with van der Waals surface area (Å²) in [7, 11) is 0. The summed E-state index contributed by atoms with van der Waals surface area (Å²) in [6, 6.07) is 28.7. The highest BCUT2D eigenvalue weighted by Gasteiger charge is 2.25. The molecule has 14 nitrogen and oxygen atoms in total. The van der Waals surface area contributed by atoms with Gasteiger partial charge in [-0.1, -0.05) is 54.6 Å². The number of nitrogens with one attached hydrogen (secondary N) is 2. The first-order valence-corrected chi connectivity index (χ1v) is 19.6. The molecular formula is C48H44N4O10. The van der Waals surface area contributed by atoms with Crippen LogP contribution in [0.3, 0.4) is 0 Å². The first kappa shape index (κ1) is 45.2. The number of benzene rings is 5. The molecule has 0 saturated heterocycles. The lowest BCUT2D eigenvalue weighted by Gasteiger charge is -2.18. The number of aromatic hydroxyl groups is 1. The van der Waals surface area contributed by atoms with Gasteiger partial charge in [-0.3, -0.25) is 28.8 Å². The molecule has 3 amide bonds. The molecule has 0 aromatic heterocycles. The van der Waals surface area contributed by atoms with Crippen LogP contribution in [0.5, 0.6) is 11.5 Å². The number of primary amides is 1. The summed E-state index contributed by atoms with van der Waals surface area (Å²) >= 11 is 0. The molecule has 0 aliphatic heterocycles. The summed E-state index contributed by atoms with van der Waals surface area (Å²) in [6.07, 6.45) is -0.705. The predicted octanol–water partition coefficient (Wildman–Crippen LogP) is 5.96. The van der Waals surface area contributed by atoms with Crippen LogP contribution in [-0.2, 0) is 40.1 Å². The number of ketones is 3. The molecule has 0 heterocycles. The summed E-state index contributed by atoms with van der Waals surface area (Å²) in [6.45, 7) is 3.46. The fourth-order valence-electron chi connectivity index (χ4n) is 6.42. The van der Waals surface area contributed by atoms with Crippen LogP contribution < -0.4 is 21.1 Å². The molecule has 0 aliphatic rings. The Morgan fingerprint density at radius 3 is 1.87 bits per heavy atom. The van der Waals surface area contributed by atoms with Crippen molar-refractivity contribution in [3.63, 3.8) is 0 Å². The van der Waals surface area contributed by atoms with Gasteiger partial charge >= 0.3 is 5.97 Å². The van der Waals surface area contributed by atoms with Crippen molar-refractivity contribution in [1.82, 2.24) is 5.32 Å². The molecule has 1 atom stereocenters. The Balaban J connectivity index is 1.18. The number of nitriles is 1. The Morgan fingerprint density at radius 1 is 0.710 bits per heavy atom. The van der Waals surface area contributed by atoms with Crippen molar-refractivity contribution in [2.75, 3.05) is 5.32 Å². The maximum Gasteiger partial charge on any atom is 0.335 e. The Labute approximate surface area is 357 Å². The molecule has 0 bridgehead atoms. The van der Waals surface area contributed by atoms with Crippen molar-refractivity contribution in [2.45, 2.75) is 64.5 Å². The summed E-state index contributed by atoms with van der Waals surface area (Å²) in [5, 5.41) is 34.6. The predicted molar refractivity (Wildman–Crippen MR) is 228 cm³/mol. The Bertz CT molecular complexity index is 2520. The first-order valence-electron chi connectivity index (χ1n) is 19.6. The van der Waals surface area contributed by atoms with E-state index in [1.165, 1.54) is 72.8 Å². The molecule has 5 aromatic carbocycles. The number of nitrogens with two attached hydrogens (primary N) is 1. The average molecular weight is 837 g/mol. The van der Waals surface area contributed by atoms with E-state index in [-0.39, 0.29) is 65.4 Å². The second-order valence-corrected chi connectivity index (χ2v) is 14.8. The van der Waals surface area contributed by atoms with Gasteiger partial charge in [0.25, 0.3) is 5.91 Å². The van der Waals surface area contributed by atoms with Crippen molar-refractivity contribution in [3.8, 4) is 17.6 Å². The third-order valence-electron chi connectivity index (χ3n) is 9.69. The molecule has 5 aromatic rings. The number of amides is 3. The van der Waals surface area contributed by atoms with E-state index in [0.717, 1.165) is 5.56 Å². The first-order chi connectivity index (χ1) is 29.6. The minimum absolute atomic E-state index is 0.0137. The number of nitrogens with zero attached hydrogens (tertiary/aromatic N) is 1. The van der Waals surface area contributed by atoms with E-state index in [4.69, 9.17) is 20.8 Å². The standard InChI is InChI=1S/C48H44N4O10/c1-28(2)62-46-36(18-21-38(45(46)58)41(54)23-30-9-14-35(15-10-30)48(60)61)25-40(53)33-12-7-31(8-13-33)24-42(55)39(26-43(50)56)52-47(59)34-16-19-37(20-17-34)51-44(57)22-11-29-3-5-32(27-49)6-4-29/h3-10,12-21,28,39,58H,11,22-26H2,1-2H3,(H2,50,56)(H,51,57)(H,52,59)(H,60,61)/t39-/m0/s1. The lowest BCUT2D eigenvalue weighted by molar-refractivity contribution is -0.125. The van der Waals surface area contributed by atoms with Gasteiger partial charge in [-0.2, -0.15) is 5.26 Å². The topological polar surface area (TPSA) is 243 Å². The molecule has 6 N–H and O–H groups in total. The van der Waals surface area contributed by atoms with Crippen LogP contribution in [0.15, 0.2) is 109 Å². The molecule has 5 rings (SSSR count). The Hall–Kier alpha value is -7.92. The molecule has 316 valence electrons. The monoisotopic (exact) mass is 836 g/mol. The van der Waals surface area contributed by atoms with Crippen LogP contribution in [0.25, 0.3) is 0 Å². The van der Waals surface area contributed by atoms with E-state index in [2.05, 4.69) is 10.6 Å². The third kappa shape index (κ3) is 12.5. The number of hydrogen-bond acceptors (Lipinski definition) is 10. The van der Waals surface area contributed by atoms with Gasteiger partial charge in [0.1, 0.15) is 0 Å². The molecule has 0 spiro atoms.